The average Bonchev–Trinajstić information content (AvgIpc) is 2.76. The van der Waals surface area contributed by atoms with Crippen molar-refractivity contribution in [3.63, 3.8) is 0 Å². The normalized spacial score (nSPS) is 10.4. The average molecular weight is 277 g/mol. The second kappa shape index (κ2) is 5.81. The predicted octanol–water partition coefficient (Wildman–Crippen LogP) is 2.23. The van der Waals surface area contributed by atoms with E-state index in [9.17, 15) is 5.11 Å². The van der Waals surface area contributed by atoms with Gasteiger partial charge >= 0.3 is 0 Å². The maximum atomic E-state index is 9.23. The Labute approximate surface area is 116 Å². The minimum atomic E-state index is -0.244. The monoisotopic (exact) mass is 277 g/mol. The van der Waals surface area contributed by atoms with Crippen LogP contribution in [0.1, 0.15) is 0 Å². The number of hydrogen-bond donors (Lipinski definition) is 1. The van der Waals surface area contributed by atoms with E-state index in [4.69, 9.17) is 17.0 Å². The van der Waals surface area contributed by atoms with E-state index in [1.807, 2.05) is 28.8 Å². The Morgan fingerprint density at radius 2 is 2.11 bits per heavy atom. The van der Waals surface area contributed by atoms with Crippen molar-refractivity contribution in [3.8, 4) is 17.1 Å². The fourth-order valence-corrected chi connectivity index (χ4v) is 2.04. The van der Waals surface area contributed by atoms with Crippen molar-refractivity contribution in [2.24, 2.45) is 0 Å². The smallest absolute Gasteiger partial charge is 0.200 e. The summed E-state index contributed by atoms with van der Waals surface area (Å²) in [6.07, 6.45) is 1.74. The van der Waals surface area contributed by atoms with Gasteiger partial charge in [0.05, 0.1) is 7.11 Å². The van der Waals surface area contributed by atoms with Crippen LogP contribution in [0.2, 0.25) is 0 Å². The summed E-state index contributed by atoms with van der Waals surface area (Å²) in [7, 11) is 1.62. The molecule has 0 amide bonds. The minimum Gasteiger partial charge on any atom is -0.497 e. The van der Waals surface area contributed by atoms with Crippen molar-refractivity contribution in [1.29, 1.82) is 0 Å². The summed E-state index contributed by atoms with van der Waals surface area (Å²) in [5, 5.41) is 13.5. The van der Waals surface area contributed by atoms with Crippen molar-refractivity contribution < 1.29 is 9.84 Å². The summed E-state index contributed by atoms with van der Waals surface area (Å²) >= 11 is 5.26. The van der Waals surface area contributed by atoms with Crippen molar-refractivity contribution in [3.05, 3.63) is 41.7 Å². The first-order chi connectivity index (χ1) is 9.21. The minimum absolute atomic E-state index is 0.244. The quantitative estimate of drug-likeness (QED) is 0.672. The Balaban J connectivity index is 2.53. The van der Waals surface area contributed by atoms with E-state index in [2.05, 4.69) is 11.7 Å². The van der Waals surface area contributed by atoms with Crippen molar-refractivity contribution in [1.82, 2.24) is 14.3 Å². The van der Waals surface area contributed by atoms with Gasteiger partial charge in [0.15, 0.2) is 5.82 Å². The molecule has 0 fully saturated rings. The van der Waals surface area contributed by atoms with Crippen molar-refractivity contribution in [2.45, 2.75) is 13.3 Å². The predicted molar refractivity (Wildman–Crippen MR) is 75.5 cm³/mol. The van der Waals surface area contributed by atoms with Gasteiger partial charge in [-0.05, 0) is 36.5 Å². The topological polar surface area (TPSA) is 52.2 Å². The Morgan fingerprint density at radius 3 is 2.63 bits per heavy atom. The van der Waals surface area contributed by atoms with E-state index >= 15 is 0 Å². The number of rotatable bonds is 5. The standard InChI is InChI=1S/C13H15N3O2S/c1-3-8-15-12(14-16(9-17)13(15)19)10-4-6-11(18-2)7-5-10/h3-7,17H,1,8-9H2,2H3. The van der Waals surface area contributed by atoms with Crippen LogP contribution in [0.25, 0.3) is 11.4 Å². The third-order valence-corrected chi connectivity index (χ3v) is 3.15. The highest BCUT2D eigenvalue weighted by Crippen LogP contribution is 2.21. The van der Waals surface area contributed by atoms with Gasteiger partial charge in [0, 0.05) is 12.1 Å². The maximum absolute atomic E-state index is 9.23. The van der Waals surface area contributed by atoms with E-state index in [1.165, 1.54) is 4.68 Å². The molecule has 0 aliphatic carbocycles. The Hall–Kier alpha value is -1.92. The second-order valence-corrected chi connectivity index (χ2v) is 4.24. The van der Waals surface area contributed by atoms with Gasteiger partial charge < -0.3 is 9.84 Å². The summed E-state index contributed by atoms with van der Waals surface area (Å²) in [6, 6.07) is 7.51. The molecule has 0 radical (unpaired) electrons. The molecule has 2 aromatic rings. The largest absolute Gasteiger partial charge is 0.497 e. The van der Waals surface area contributed by atoms with Crippen LogP contribution in [0.4, 0.5) is 0 Å². The van der Waals surface area contributed by atoms with Crippen LogP contribution in [-0.4, -0.2) is 26.6 Å². The van der Waals surface area contributed by atoms with Gasteiger partial charge in [0.1, 0.15) is 12.5 Å². The first kappa shape index (κ1) is 13.5. The molecule has 0 aliphatic heterocycles. The molecule has 0 unspecified atom stereocenters. The summed E-state index contributed by atoms with van der Waals surface area (Å²) in [4.78, 5) is 0. The molecule has 1 aromatic carbocycles. The van der Waals surface area contributed by atoms with Gasteiger partial charge in [-0.1, -0.05) is 6.08 Å². The zero-order valence-corrected chi connectivity index (χ0v) is 11.4. The zero-order valence-electron chi connectivity index (χ0n) is 10.6. The number of hydrogen-bond acceptors (Lipinski definition) is 4. The molecule has 5 nitrogen and oxygen atoms in total. The fraction of sp³-hybridized carbons (Fsp3) is 0.231. The lowest BCUT2D eigenvalue weighted by Gasteiger charge is -2.04. The second-order valence-electron chi connectivity index (χ2n) is 3.87. The van der Waals surface area contributed by atoms with Crippen LogP contribution in [-0.2, 0) is 13.3 Å². The number of ether oxygens (including phenoxy) is 1. The van der Waals surface area contributed by atoms with Gasteiger partial charge in [0.2, 0.25) is 4.77 Å². The van der Waals surface area contributed by atoms with Gasteiger partial charge in [-0.15, -0.1) is 11.7 Å². The van der Waals surface area contributed by atoms with Gasteiger partial charge in [-0.2, -0.15) is 0 Å². The lowest BCUT2D eigenvalue weighted by Crippen LogP contribution is -2.01. The molecule has 1 N–H and O–H groups in total. The number of nitrogens with zero attached hydrogens (tertiary/aromatic N) is 3. The van der Waals surface area contributed by atoms with Crippen molar-refractivity contribution >= 4 is 12.2 Å². The lowest BCUT2D eigenvalue weighted by atomic mass is 10.2. The van der Waals surface area contributed by atoms with Gasteiger partial charge in [0.25, 0.3) is 0 Å². The summed E-state index contributed by atoms with van der Waals surface area (Å²) in [6.45, 7) is 4.01. The zero-order chi connectivity index (χ0) is 13.8. The van der Waals surface area contributed by atoms with Gasteiger partial charge in [-0.25, -0.2) is 4.68 Å². The van der Waals surface area contributed by atoms with Crippen molar-refractivity contribution in [2.75, 3.05) is 7.11 Å². The van der Waals surface area contributed by atoms with E-state index < -0.39 is 0 Å². The highest BCUT2D eigenvalue weighted by atomic mass is 32.1. The summed E-state index contributed by atoms with van der Waals surface area (Å²) < 4.78 is 8.78. The highest BCUT2D eigenvalue weighted by Gasteiger charge is 2.11. The third-order valence-electron chi connectivity index (χ3n) is 2.72. The van der Waals surface area contributed by atoms with Crippen LogP contribution in [0.3, 0.4) is 0 Å². The van der Waals surface area contributed by atoms with Gasteiger partial charge in [-0.3, -0.25) is 4.57 Å². The molecule has 0 saturated carbocycles. The van der Waals surface area contributed by atoms with E-state index in [-0.39, 0.29) is 6.73 Å². The number of aliphatic hydroxyl groups is 1. The number of methoxy groups -OCH3 is 1. The maximum Gasteiger partial charge on any atom is 0.200 e. The molecule has 1 aromatic heterocycles. The Kier molecular flexibility index (Phi) is 4.13. The number of aromatic nitrogens is 3. The van der Waals surface area contributed by atoms with Crippen LogP contribution >= 0.6 is 12.2 Å². The molecule has 0 aliphatic rings. The van der Waals surface area contributed by atoms with E-state index in [1.54, 1.807) is 13.2 Å². The molecule has 0 spiro atoms. The molecule has 1 heterocycles. The first-order valence-corrected chi connectivity index (χ1v) is 6.16. The van der Waals surface area contributed by atoms with E-state index in [0.29, 0.717) is 17.1 Å². The highest BCUT2D eigenvalue weighted by molar-refractivity contribution is 7.71. The molecular formula is C13H15N3O2S. The third kappa shape index (κ3) is 2.59. The molecule has 0 saturated heterocycles. The van der Waals surface area contributed by atoms with Crippen LogP contribution in [0.15, 0.2) is 36.9 Å². The molecule has 19 heavy (non-hydrogen) atoms. The number of benzene rings is 1. The van der Waals surface area contributed by atoms with Crippen LogP contribution in [0, 0.1) is 4.77 Å². The van der Waals surface area contributed by atoms with Crippen LogP contribution in [0.5, 0.6) is 5.75 Å². The Bertz CT molecular complexity index is 628. The Morgan fingerprint density at radius 1 is 1.42 bits per heavy atom. The van der Waals surface area contributed by atoms with Crippen LogP contribution < -0.4 is 4.74 Å². The molecule has 0 bridgehead atoms. The molecular weight excluding hydrogens is 262 g/mol. The molecule has 100 valence electrons. The fourth-order valence-electron chi connectivity index (χ4n) is 1.78. The summed E-state index contributed by atoms with van der Waals surface area (Å²) in [5.74, 6) is 1.47. The SMILES string of the molecule is C=CCn1c(-c2ccc(OC)cc2)nn(CO)c1=S. The lowest BCUT2D eigenvalue weighted by molar-refractivity contribution is 0.192. The first-order valence-electron chi connectivity index (χ1n) is 5.75. The summed E-state index contributed by atoms with van der Waals surface area (Å²) in [5.41, 5.74) is 0.904. The molecule has 2 rings (SSSR count). The van der Waals surface area contributed by atoms with E-state index in [0.717, 1.165) is 11.3 Å². The molecule has 0 atom stereocenters. The number of allylic oxidation sites excluding steroid dienone is 1. The number of aliphatic hydroxyl groups excluding tert-OH is 1. The molecule has 6 heteroatoms.